The molecule has 3 nitrogen and oxygen atoms in total. The minimum Gasteiger partial charge on any atom is -0.380 e. The minimum absolute atomic E-state index is 0.00389. The Hall–Kier alpha value is -1.23. The van der Waals surface area contributed by atoms with Crippen LogP contribution in [0.5, 0.6) is 0 Å². The van der Waals surface area contributed by atoms with Crippen LogP contribution in [0.2, 0.25) is 10.0 Å². The van der Waals surface area contributed by atoms with Crippen LogP contribution >= 0.6 is 39.1 Å². The topological polar surface area (TPSA) is 41.1 Å². The lowest BCUT2D eigenvalue weighted by molar-refractivity contribution is -0.115. The van der Waals surface area contributed by atoms with Gasteiger partial charge in [0.25, 0.3) is 0 Å². The van der Waals surface area contributed by atoms with E-state index in [1.807, 2.05) is 24.3 Å². The molecule has 0 bridgehead atoms. The largest absolute Gasteiger partial charge is 0.380 e. The second-order valence-corrected chi connectivity index (χ2v) is 6.50. The maximum Gasteiger partial charge on any atom is 0.228 e. The lowest BCUT2D eigenvalue weighted by atomic mass is 10.1. The summed E-state index contributed by atoms with van der Waals surface area (Å²) >= 11 is 15.7. The van der Waals surface area contributed by atoms with E-state index in [2.05, 4.69) is 26.6 Å². The highest BCUT2D eigenvalue weighted by Gasteiger charge is 2.19. The Bertz CT molecular complexity index is 734. The summed E-state index contributed by atoms with van der Waals surface area (Å²) in [5.74, 6) is -0.00389. The summed E-state index contributed by atoms with van der Waals surface area (Å²) in [5.41, 5.74) is 3.59. The third-order valence-corrected chi connectivity index (χ3v) is 4.62. The first-order valence-electron chi connectivity index (χ1n) is 6.33. The highest BCUT2D eigenvalue weighted by Crippen LogP contribution is 2.33. The molecule has 21 heavy (non-hydrogen) atoms. The predicted octanol–water partition coefficient (Wildman–Crippen LogP) is 4.86. The lowest BCUT2D eigenvalue weighted by Crippen LogP contribution is -2.03. The Morgan fingerprint density at radius 2 is 2.05 bits per heavy atom. The van der Waals surface area contributed by atoms with Crippen molar-refractivity contribution < 1.29 is 4.79 Å². The summed E-state index contributed by atoms with van der Waals surface area (Å²) in [6.45, 7) is 0.584. The summed E-state index contributed by atoms with van der Waals surface area (Å²) in [6, 6.07) is 9.32. The van der Waals surface area contributed by atoms with E-state index in [-0.39, 0.29) is 5.91 Å². The monoisotopic (exact) mass is 384 g/mol. The Morgan fingerprint density at radius 1 is 1.24 bits per heavy atom. The van der Waals surface area contributed by atoms with Crippen LogP contribution < -0.4 is 10.6 Å². The van der Waals surface area contributed by atoms with Crippen molar-refractivity contribution in [1.29, 1.82) is 0 Å². The normalized spacial score (nSPS) is 13.0. The van der Waals surface area contributed by atoms with Crippen molar-refractivity contribution in [2.75, 3.05) is 10.6 Å². The molecule has 0 unspecified atom stereocenters. The standard InChI is InChI=1S/C15H11BrCl2N2O/c16-11-2-1-10(17)3-9(11)7-19-14-4-8-5-15(21)20-13(8)6-12(14)18/h1-4,6,19H,5,7H2,(H,20,21). The second-order valence-electron chi connectivity index (χ2n) is 4.80. The van der Waals surface area contributed by atoms with E-state index < -0.39 is 0 Å². The molecule has 0 saturated carbocycles. The molecular weight excluding hydrogens is 375 g/mol. The van der Waals surface area contributed by atoms with E-state index in [1.54, 1.807) is 6.07 Å². The molecule has 0 spiro atoms. The zero-order valence-electron chi connectivity index (χ0n) is 10.8. The predicted molar refractivity (Wildman–Crippen MR) is 90.3 cm³/mol. The van der Waals surface area contributed by atoms with Gasteiger partial charge in [-0.1, -0.05) is 39.1 Å². The molecule has 0 fully saturated rings. The highest BCUT2D eigenvalue weighted by molar-refractivity contribution is 9.10. The molecule has 0 saturated heterocycles. The fourth-order valence-corrected chi connectivity index (χ4v) is 3.06. The van der Waals surface area contributed by atoms with E-state index in [0.29, 0.717) is 23.0 Å². The summed E-state index contributed by atoms with van der Waals surface area (Å²) in [7, 11) is 0. The maximum absolute atomic E-state index is 11.4. The number of fused-ring (bicyclic) bond motifs is 1. The molecule has 2 aromatic carbocycles. The van der Waals surface area contributed by atoms with Crippen molar-refractivity contribution in [3.63, 3.8) is 0 Å². The number of hydrogen-bond donors (Lipinski definition) is 2. The van der Waals surface area contributed by atoms with Gasteiger partial charge in [0.2, 0.25) is 5.91 Å². The molecule has 2 aromatic rings. The van der Waals surface area contributed by atoms with Gasteiger partial charge in [0.1, 0.15) is 0 Å². The van der Waals surface area contributed by atoms with Gasteiger partial charge in [0.05, 0.1) is 17.1 Å². The third kappa shape index (κ3) is 3.18. The lowest BCUT2D eigenvalue weighted by Gasteiger charge is -2.12. The average molecular weight is 386 g/mol. The van der Waals surface area contributed by atoms with Gasteiger partial charge in [-0.25, -0.2) is 0 Å². The van der Waals surface area contributed by atoms with Gasteiger partial charge < -0.3 is 10.6 Å². The average Bonchev–Trinajstić information content (AvgIpc) is 2.78. The van der Waals surface area contributed by atoms with E-state index in [1.165, 1.54) is 0 Å². The summed E-state index contributed by atoms with van der Waals surface area (Å²) in [5, 5.41) is 7.32. The molecule has 0 radical (unpaired) electrons. The number of carbonyl (C=O) groups excluding carboxylic acids is 1. The van der Waals surface area contributed by atoms with Gasteiger partial charge in [0, 0.05) is 21.7 Å². The minimum atomic E-state index is -0.00389. The van der Waals surface area contributed by atoms with Crippen molar-refractivity contribution in [3.8, 4) is 0 Å². The molecule has 108 valence electrons. The van der Waals surface area contributed by atoms with Crippen molar-refractivity contribution in [2.45, 2.75) is 13.0 Å². The van der Waals surface area contributed by atoms with Crippen LogP contribution in [0.1, 0.15) is 11.1 Å². The van der Waals surface area contributed by atoms with Crippen LogP contribution in [0.15, 0.2) is 34.8 Å². The first-order valence-corrected chi connectivity index (χ1v) is 7.88. The Kier molecular flexibility index (Phi) is 4.11. The number of nitrogens with one attached hydrogen (secondary N) is 2. The number of anilines is 2. The van der Waals surface area contributed by atoms with Gasteiger partial charge in [-0.2, -0.15) is 0 Å². The number of halogens is 3. The first-order chi connectivity index (χ1) is 10.0. The Balaban J connectivity index is 1.81. The number of amides is 1. The van der Waals surface area contributed by atoms with Crippen molar-refractivity contribution >= 4 is 56.4 Å². The fourth-order valence-electron chi connectivity index (χ4n) is 2.25. The number of rotatable bonds is 3. The summed E-state index contributed by atoms with van der Waals surface area (Å²) in [4.78, 5) is 11.4. The summed E-state index contributed by atoms with van der Waals surface area (Å²) < 4.78 is 0.980. The number of hydrogen-bond acceptors (Lipinski definition) is 2. The smallest absolute Gasteiger partial charge is 0.228 e. The molecule has 0 aromatic heterocycles. The highest BCUT2D eigenvalue weighted by atomic mass is 79.9. The van der Waals surface area contributed by atoms with Gasteiger partial charge in [-0.05, 0) is 41.5 Å². The SMILES string of the molecule is O=C1Cc2cc(NCc3cc(Cl)ccc3Br)c(Cl)cc2N1. The van der Waals surface area contributed by atoms with E-state index in [9.17, 15) is 4.79 Å². The summed E-state index contributed by atoms with van der Waals surface area (Å²) in [6.07, 6.45) is 0.391. The zero-order valence-corrected chi connectivity index (χ0v) is 13.9. The quantitative estimate of drug-likeness (QED) is 0.791. The Labute approximate surface area is 140 Å². The van der Waals surface area contributed by atoms with Crippen LogP contribution in [-0.4, -0.2) is 5.91 Å². The van der Waals surface area contributed by atoms with Gasteiger partial charge in [-0.15, -0.1) is 0 Å². The van der Waals surface area contributed by atoms with E-state index >= 15 is 0 Å². The number of carbonyl (C=O) groups is 1. The molecule has 1 aliphatic rings. The molecule has 1 aliphatic heterocycles. The van der Waals surface area contributed by atoms with E-state index in [4.69, 9.17) is 23.2 Å². The second kappa shape index (κ2) is 5.87. The van der Waals surface area contributed by atoms with Crippen molar-refractivity contribution in [1.82, 2.24) is 0 Å². The van der Waals surface area contributed by atoms with Crippen LogP contribution in [0, 0.1) is 0 Å². The molecule has 6 heteroatoms. The third-order valence-electron chi connectivity index (χ3n) is 3.30. The van der Waals surface area contributed by atoms with E-state index in [0.717, 1.165) is 27.0 Å². The molecule has 1 heterocycles. The molecule has 3 rings (SSSR count). The number of benzene rings is 2. The Morgan fingerprint density at radius 3 is 2.86 bits per heavy atom. The van der Waals surface area contributed by atoms with Gasteiger partial charge >= 0.3 is 0 Å². The van der Waals surface area contributed by atoms with Crippen molar-refractivity contribution in [3.05, 3.63) is 56.0 Å². The van der Waals surface area contributed by atoms with Crippen LogP contribution in [0.4, 0.5) is 11.4 Å². The molecule has 0 atom stereocenters. The zero-order chi connectivity index (χ0) is 15.0. The molecule has 1 amide bonds. The molecular formula is C15H11BrCl2N2O. The maximum atomic E-state index is 11.4. The van der Waals surface area contributed by atoms with Gasteiger partial charge in [-0.3, -0.25) is 4.79 Å². The fraction of sp³-hybridized carbons (Fsp3) is 0.133. The van der Waals surface area contributed by atoms with Crippen LogP contribution in [0.25, 0.3) is 0 Å². The first kappa shape index (κ1) is 14.7. The van der Waals surface area contributed by atoms with Crippen LogP contribution in [-0.2, 0) is 17.8 Å². The van der Waals surface area contributed by atoms with Crippen LogP contribution in [0.3, 0.4) is 0 Å². The van der Waals surface area contributed by atoms with Gasteiger partial charge in [0.15, 0.2) is 0 Å². The molecule has 2 N–H and O–H groups in total. The molecule has 0 aliphatic carbocycles. The van der Waals surface area contributed by atoms with Crippen molar-refractivity contribution in [2.24, 2.45) is 0 Å².